The van der Waals surface area contributed by atoms with Crippen LogP contribution in [0.4, 0.5) is 0 Å². The van der Waals surface area contributed by atoms with Crippen LogP contribution in [0.1, 0.15) is 0 Å². The fourth-order valence-electron chi connectivity index (χ4n) is 2.15. The molecule has 0 aliphatic heterocycles. The summed E-state index contributed by atoms with van der Waals surface area (Å²) < 4.78 is 0. The molecule has 0 saturated heterocycles. The Kier molecular flexibility index (Phi) is 7.71. The summed E-state index contributed by atoms with van der Waals surface area (Å²) in [5.41, 5.74) is 4.02. The first-order chi connectivity index (χ1) is 11.9. The summed E-state index contributed by atoms with van der Waals surface area (Å²) in [5, 5.41) is 0. The van der Waals surface area contributed by atoms with Crippen molar-refractivity contribution in [1.29, 1.82) is 0 Å². The molecule has 3 heteroatoms. The molecule has 0 bridgehead atoms. The molecule has 0 spiro atoms. The summed E-state index contributed by atoms with van der Waals surface area (Å²) in [7, 11) is 0. The molecule has 0 aliphatic rings. The Labute approximate surface area is 162 Å². The van der Waals surface area contributed by atoms with E-state index in [1.54, 1.807) is 12.4 Å². The maximum absolute atomic E-state index is 4.22. The van der Waals surface area contributed by atoms with Crippen LogP contribution in [0.25, 0.3) is 22.5 Å². The van der Waals surface area contributed by atoms with E-state index >= 15 is 0 Å². The van der Waals surface area contributed by atoms with Crippen LogP contribution in [0.5, 0.6) is 0 Å². The van der Waals surface area contributed by atoms with Crippen LogP contribution in [-0.4, -0.2) is 9.97 Å². The van der Waals surface area contributed by atoms with Crippen LogP contribution < -0.4 is 0 Å². The van der Waals surface area contributed by atoms with Gasteiger partial charge in [0.15, 0.2) is 0 Å². The van der Waals surface area contributed by atoms with Gasteiger partial charge in [0.1, 0.15) is 0 Å². The van der Waals surface area contributed by atoms with Gasteiger partial charge in [-0.25, -0.2) is 0 Å². The maximum atomic E-state index is 4.22. The average molecular weight is 501 g/mol. The molecule has 0 amide bonds. The smallest absolute Gasteiger partial charge is 0.0160 e. The molecule has 0 N–H and O–H groups in total. The Morgan fingerprint density at radius 3 is 1.28 bits per heavy atom. The Morgan fingerprint density at radius 2 is 0.960 bits per heavy atom. The van der Waals surface area contributed by atoms with Gasteiger partial charge in [-0.1, -0.05) is 24.3 Å². The van der Waals surface area contributed by atoms with Crippen molar-refractivity contribution < 1.29 is 20.1 Å². The largest absolute Gasteiger partial charge is 0.305 e. The van der Waals surface area contributed by atoms with Gasteiger partial charge in [0.2, 0.25) is 0 Å². The second-order valence-electron chi connectivity index (χ2n) is 4.98. The summed E-state index contributed by atoms with van der Waals surface area (Å²) >= 11 is 0. The number of hydrogen-bond acceptors (Lipinski definition) is 2. The minimum atomic E-state index is 0. The zero-order valence-electron chi connectivity index (χ0n) is 13.5. The average Bonchev–Trinajstić information content (AvgIpc) is 2.71. The molecule has 2 heterocycles. The molecule has 4 aromatic rings. The number of nitrogens with zero attached hydrogens (tertiary/aromatic N) is 2. The predicted octanol–water partition coefficient (Wildman–Crippen LogP) is 5.10. The third-order valence-electron chi connectivity index (χ3n) is 3.30. The first-order valence-corrected chi connectivity index (χ1v) is 7.70. The van der Waals surface area contributed by atoms with E-state index in [9.17, 15) is 0 Å². The van der Waals surface area contributed by atoms with Gasteiger partial charge in [-0.05, 0) is 23.5 Å². The number of rotatable bonds is 2. The van der Waals surface area contributed by atoms with Crippen LogP contribution >= 0.6 is 0 Å². The molecule has 2 nitrogen and oxygen atoms in total. The summed E-state index contributed by atoms with van der Waals surface area (Å²) in [6.45, 7) is 0. The first-order valence-electron chi connectivity index (χ1n) is 7.70. The summed E-state index contributed by atoms with van der Waals surface area (Å²) in [4.78, 5) is 8.44. The van der Waals surface area contributed by atoms with Gasteiger partial charge in [0.25, 0.3) is 0 Å². The zero-order valence-corrected chi connectivity index (χ0v) is 15.9. The number of hydrogen-bond donors (Lipinski definition) is 0. The normalized spacial score (nSPS) is 9.28. The van der Waals surface area contributed by atoms with Crippen molar-refractivity contribution in [2.45, 2.75) is 0 Å². The van der Waals surface area contributed by atoms with Crippen molar-refractivity contribution in [3.05, 3.63) is 109 Å². The van der Waals surface area contributed by atoms with Crippen molar-refractivity contribution in [2.24, 2.45) is 0 Å². The zero-order chi connectivity index (χ0) is 16.5. The van der Waals surface area contributed by atoms with Gasteiger partial charge in [-0.3, -0.25) is 0 Å². The topological polar surface area (TPSA) is 25.8 Å². The first kappa shape index (κ1) is 18.7. The number of pyridine rings is 2. The van der Waals surface area contributed by atoms with Crippen LogP contribution in [-0.2, 0) is 20.1 Å². The quantitative estimate of drug-likeness (QED) is 0.358. The van der Waals surface area contributed by atoms with E-state index in [4.69, 9.17) is 0 Å². The van der Waals surface area contributed by atoms with E-state index in [-0.39, 0.29) is 20.1 Å². The molecule has 2 aromatic carbocycles. The Bertz CT molecular complexity index is 686. The number of aromatic nitrogens is 2. The molecule has 0 fully saturated rings. The molecule has 25 heavy (non-hydrogen) atoms. The summed E-state index contributed by atoms with van der Waals surface area (Å²) in [5.74, 6) is 0. The minimum absolute atomic E-state index is 0. The van der Waals surface area contributed by atoms with Gasteiger partial charge in [-0.15, -0.1) is 71.8 Å². The van der Waals surface area contributed by atoms with E-state index < -0.39 is 0 Å². The SMILES string of the molecule is [Ir].[c-]1ccccc1-c1ccccn1.[c-]1ccccc1-c1ccccn1. The van der Waals surface area contributed by atoms with E-state index in [0.29, 0.717) is 0 Å². The van der Waals surface area contributed by atoms with Crippen molar-refractivity contribution in [1.82, 2.24) is 9.97 Å². The van der Waals surface area contributed by atoms with Crippen LogP contribution in [0, 0.1) is 12.1 Å². The summed E-state index contributed by atoms with van der Waals surface area (Å²) in [6.07, 6.45) is 3.58. The Balaban J connectivity index is 0.000000173. The van der Waals surface area contributed by atoms with Gasteiger partial charge in [0, 0.05) is 32.5 Å². The third kappa shape index (κ3) is 5.75. The molecule has 2 aromatic heterocycles. The molecule has 0 saturated carbocycles. The molecule has 1 radical (unpaired) electrons. The van der Waals surface area contributed by atoms with Gasteiger partial charge in [0.05, 0.1) is 0 Å². The monoisotopic (exact) mass is 501 g/mol. The van der Waals surface area contributed by atoms with Crippen LogP contribution in [0.15, 0.2) is 97.3 Å². The van der Waals surface area contributed by atoms with Crippen LogP contribution in [0.2, 0.25) is 0 Å². The van der Waals surface area contributed by atoms with E-state index in [2.05, 4.69) is 22.1 Å². The maximum Gasteiger partial charge on any atom is 0.0160 e. The molecule has 0 unspecified atom stereocenters. The molecular formula is C22H16IrN2-2. The predicted molar refractivity (Wildman–Crippen MR) is 97.0 cm³/mol. The van der Waals surface area contributed by atoms with Gasteiger partial charge < -0.3 is 9.97 Å². The van der Waals surface area contributed by atoms with Crippen LogP contribution in [0.3, 0.4) is 0 Å². The third-order valence-corrected chi connectivity index (χ3v) is 3.30. The fraction of sp³-hybridized carbons (Fsp3) is 0. The molecule has 125 valence electrons. The van der Waals surface area contributed by atoms with Gasteiger partial charge >= 0.3 is 0 Å². The Hall–Kier alpha value is -2.61. The van der Waals surface area contributed by atoms with Crippen molar-refractivity contribution in [3.63, 3.8) is 0 Å². The standard InChI is InChI=1S/2C11H8N.Ir/c2*1-2-6-10(7-3-1)11-8-4-5-9-12-11;/h2*1-6,8-9H;/q2*-1;. The van der Waals surface area contributed by atoms with Crippen molar-refractivity contribution >= 4 is 0 Å². The van der Waals surface area contributed by atoms with Crippen molar-refractivity contribution in [2.75, 3.05) is 0 Å². The molecular weight excluding hydrogens is 484 g/mol. The van der Waals surface area contributed by atoms with Gasteiger partial charge in [-0.2, -0.15) is 0 Å². The van der Waals surface area contributed by atoms with Crippen molar-refractivity contribution in [3.8, 4) is 22.5 Å². The van der Waals surface area contributed by atoms with E-state index in [1.807, 2.05) is 84.9 Å². The fourth-order valence-corrected chi connectivity index (χ4v) is 2.15. The molecule has 0 aliphatic carbocycles. The molecule has 4 rings (SSSR count). The second-order valence-corrected chi connectivity index (χ2v) is 4.98. The van der Waals surface area contributed by atoms with E-state index in [1.165, 1.54) is 0 Å². The summed E-state index contributed by atoms with van der Waals surface area (Å²) in [6, 6.07) is 33.6. The minimum Gasteiger partial charge on any atom is -0.305 e. The molecule has 0 atom stereocenters. The Morgan fingerprint density at radius 1 is 0.520 bits per heavy atom. The number of benzene rings is 2. The second kappa shape index (κ2) is 10.3. The van der Waals surface area contributed by atoms with E-state index in [0.717, 1.165) is 22.5 Å².